The summed E-state index contributed by atoms with van der Waals surface area (Å²) in [6.45, 7) is 3.88. The second-order valence-corrected chi connectivity index (χ2v) is 8.81. The Morgan fingerprint density at radius 3 is 2.47 bits per heavy atom. The van der Waals surface area contributed by atoms with Gasteiger partial charge >= 0.3 is 0 Å². The largest absolute Gasteiger partial charge is 0.353 e. The van der Waals surface area contributed by atoms with Crippen molar-refractivity contribution < 1.29 is 13.6 Å². The first kappa shape index (κ1) is 23.3. The Balaban J connectivity index is 1.53. The van der Waals surface area contributed by atoms with E-state index in [-0.39, 0.29) is 17.6 Å². The Morgan fingerprint density at radius 2 is 1.75 bits per heavy atom. The van der Waals surface area contributed by atoms with Crippen LogP contribution in [0.4, 0.5) is 14.6 Å². The van der Waals surface area contributed by atoms with E-state index >= 15 is 0 Å². The Morgan fingerprint density at radius 1 is 0.944 bits per heavy atom. The molecule has 8 heteroatoms. The number of halogens is 2. The van der Waals surface area contributed by atoms with Crippen LogP contribution in [0.2, 0.25) is 0 Å². The van der Waals surface area contributed by atoms with Gasteiger partial charge in [-0.1, -0.05) is 32.0 Å². The third-order valence-corrected chi connectivity index (χ3v) is 6.01. The van der Waals surface area contributed by atoms with Gasteiger partial charge in [-0.15, -0.1) is 0 Å². The molecule has 1 aromatic carbocycles. The van der Waals surface area contributed by atoms with E-state index in [1.54, 1.807) is 48.8 Å². The van der Waals surface area contributed by atoms with Gasteiger partial charge in [0.05, 0.1) is 28.4 Å². The van der Waals surface area contributed by atoms with E-state index in [1.165, 1.54) is 18.2 Å². The highest BCUT2D eigenvalue weighted by molar-refractivity contribution is 6.01. The average Bonchev–Trinajstić information content (AvgIpc) is 3.24. The minimum absolute atomic E-state index is 0.0240. The van der Waals surface area contributed by atoms with Gasteiger partial charge in [0.1, 0.15) is 17.2 Å². The maximum atomic E-state index is 14.0. The smallest absolute Gasteiger partial charge is 0.233 e. The van der Waals surface area contributed by atoms with E-state index < -0.39 is 11.9 Å². The predicted molar refractivity (Wildman–Crippen MR) is 135 cm³/mol. The van der Waals surface area contributed by atoms with Gasteiger partial charge in [0.2, 0.25) is 11.9 Å². The molecule has 0 saturated carbocycles. The van der Waals surface area contributed by atoms with Crippen LogP contribution in [0.3, 0.4) is 0 Å². The number of H-pyrrole nitrogens is 1. The number of amides is 1. The molecule has 0 aliphatic rings. The number of anilines is 1. The molecule has 2 N–H and O–H groups in total. The Kier molecular flexibility index (Phi) is 6.25. The fourth-order valence-electron chi connectivity index (χ4n) is 4.39. The van der Waals surface area contributed by atoms with Crippen LogP contribution in [-0.4, -0.2) is 25.8 Å². The molecule has 0 unspecified atom stereocenters. The van der Waals surface area contributed by atoms with E-state index in [2.05, 4.69) is 25.3 Å². The lowest BCUT2D eigenvalue weighted by molar-refractivity contribution is -0.118. The molecule has 0 saturated heterocycles. The highest BCUT2D eigenvalue weighted by atomic mass is 19.1. The van der Waals surface area contributed by atoms with Gasteiger partial charge < -0.3 is 10.3 Å². The number of aromatic amines is 1. The van der Waals surface area contributed by atoms with Crippen LogP contribution in [-0.2, 0) is 4.79 Å². The zero-order valence-electron chi connectivity index (χ0n) is 19.7. The number of aromatic nitrogens is 4. The van der Waals surface area contributed by atoms with Gasteiger partial charge in [0.15, 0.2) is 0 Å². The fourth-order valence-corrected chi connectivity index (χ4v) is 4.39. The molecular weight excluding hydrogens is 460 g/mol. The molecule has 0 radical (unpaired) electrons. The van der Waals surface area contributed by atoms with Crippen LogP contribution >= 0.6 is 0 Å². The molecule has 1 amide bonds. The quantitative estimate of drug-likeness (QED) is 0.276. The van der Waals surface area contributed by atoms with Crippen molar-refractivity contribution in [3.63, 3.8) is 0 Å². The van der Waals surface area contributed by atoms with Crippen molar-refractivity contribution in [2.45, 2.75) is 19.8 Å². The summed E-state index contributed by atoms with van der Waals surface area (Å²) in [4.78, 5) is 29.4. The first-order chi connectivity index (χ1) is 17.4. The zero-order chi connectivity index (χ0) is 25.2. The van der Waals surface area contributed by atoms with Crippen molar-refractivity contribution in [1.29, 1.82) is 0 Å². The summed E-state index contributed by atoms with van der Waals surface area (Å²) in [5.41, 5.74) is 4.53. The molecule has 6 nitrogen and oxygen atoms in total. The summed E-state index contributed by atoms with van der Waals surface area (Å²) in [5, 5.41) is 2.90. The topological polar surface area (TPSA) is 83.6 Å². The third kappa shape index (κ3) is 4.57. The summed E-state index contributed by atoms with van der Waals surface area (Å²) >= 11 is 0. The van der Waals surface area contributed by atoms with Crippen molar-refractivity contribution in [2.75, 3.05) is 5.32 Å². The van der Waals surface area contributed by atoms with Crippen molar-refractivity contribution in [3.8, 4) is 22.5 Å². The lowest BCUT2D eigenvalue weighted by Gasteiger charge is -2.20. The second kappa shape index (κ2) is 9.65. The molecule has 0 aliphatic heterocycles. The average molecular weight is 484 g/mol. The van der Waals surface area contributed by atoms with Crippen LogP contribution in [0.15, 0.2) is 79.1 Å². The summed E-state index contributed by atoms with van der Waals surface area (Å²) in [6, 6.07) is 17.9. The minimum Gasteiger partial charge on any atom is -0.353 e. The molecule has 4 aromatic heterocycles. The van der Waals surface area contributed by atoms with E-state index in [1.807, 2.05) is 26.0 Å². The van der Waals surface area contributed by atoms with Crippen LogP contribution in [0.5, 0.6) is 0 Å². The zero-order valence-corrected chi connectivity index (χ0v) is 19.7. The Bertz CT molecular complexity index is 1530. The Hall–Kier alpha value is -4.46. The number of nitrogens with one attached hydrogen (secondary N) is 2. The number of benzene rings is 1. The lowest BCUT2D eigenvalue weighted by atomic mass is 9.87. The highest BCUT2D eigenvalue weighted by Crippen LogP contribution is 2.37. The normalized spacial score (nSPS) is 12.1. The molecule has 5 rings (SSSR count). The number of carbonyl (C=O) groups excluding carboxylic acids is 1. The van der Waals surface area contributed by atoms with Gasteiger partial charge in [-0.2, -0.15) is 4.39 Å². The molecule has 0 spiro atoms. The van der Waals surface area contributed by atoms with E-state index in [9.17, 15) is 13.6 Å². The summed E-state index contributed by atoms with van der Waals surface area (Å²) < 4.78 is 27.4. The van der Waals surface area contributed by atoms with E-state index in [0.29, 0.717) is 33.8 Å². The molecule has 0 aliphatic carbocycles. The monoisotopic (exact) mass is 483 g/mol. The number of pyridine rings is 3. The highest BCUT2D eigenvalue weighted by Gasteiger charge is 2.25. The second-order valence-electron chi connectivity index (χ2n) is 8.81. The van der Waals surface area contributed by atoms with Gasteiger partial charge in [0, 0.05) is 18.0 Å². The number of hydrogen-bond acceptors (Lipinski definition) is 4. The van der Waals surface area contributed by atoms with Crippen LogP contribution < -0.4 is 5.32 Å². The summed E-state index contributed by atoms with van der Waals surface area (Å²) in [7, 11) is 0. The molecule has 36 heavy (non-hydrogen) atoms. The van der Waals surface area contributed by atoms with Crippen molar-refractivity contribution >= 4 is 22.8 Å². The fraction of sp³-hybridized carbons (Fsp3) is 0.143. The SMILES string of the molecule is CC(C)[C@H](C(=O)Nc1cc(-c2[nH]c3ccc(F)nc3c2-c2ccccn2)ccn1)c1ccc(F)cc1. The molecular formula is C28H23F2N5O. The van der Waals surface area contributed by atoms with Crippen molar-refractivity contribution in [3.05, 3.63) is 96.5 Å². The predicted octanol–water partition coefficient (Wildman–Crippen LogP) is 6.34. The molecule has 4 heterocycles. The minimum atomic E-state index is -0.589. The number of carbonyl (C=O) groups is 1. The summed E-state index contributed by atoms with van der Waals surface area (Å²) in [5.74, 6) is -1.34. The van der Waals surface area contributed by atoms with E-state index in [0.717, 1.165) is 11.1 Å². The number of hydrogen-bond donors (Lipinski definition) is 2. The van der Waals surface area contributed by atoms with E-state index in [4.69, 9.17) is 0 Å². The number of fused-ring (bicyclic) bond motifs is 1. The molecule has 180 valence electrons. The maximum absolute atomic E-state index is 14.0. The molecule has 5 aromatic rings. The summed E-state index contributed by atoms with van der Waals surface area (Å²) in [6.07, 6.45) is 3.26. The van der Waals surface area contributed by atoms with Gasteiger partial charge in [0.25, 0.3) is 0 Å². The van der Waals surface area contributed by atoms with Gasteiger partial charge in [-0.3, -0.25) is 9.78 Å². The number of rotatable bonds is 6. The lowest BCUT2D eigenvalue weighted by Crippen LogP contribution is -2.25. The molecule has 0 fully saturated rings. The first-order valence-electron chi connectivity index (χ1n) is 11.5. The Labute approximate surface area is 206 Å². The van der Waals surface area contributed by atoms with Crippen LogP contribution in [0.1, 0.15) is 25.3 Å². The molecule has 0 bridgehead atoms. The standard InChI is InChI=1S/C28H23F2N5O/c1-16(2)24(17-6-8-19(29)9-7-17)28(36)35-23-15-18(12-14-32-23)26-25(20-5-3-4-13-31-20)27-21(33-26)10-11-22(30)34-27/h3-16,24,33H,1-2H3,(H,32,35,36)/t24-/m0/s1. The van der Waals surface area contributed by atoms with Gasteiger partial charge in [-0.25, -0.2) is 14.4 Å². The van der Waals surface area contributed by atoms with Crippen LogP contribution in [0.25, 0.3) is 33.5 Å². The van der Waals surface area contributed by atoms with Gasteiger partial charge in [-0.05, 0) is 60.0 Å². The van der Waals surface area contributed by atoms with Crippen molar-refractivity contribution in [1.82, 2.24) is 19.9 Å². The number of nitrogens with zero attached hydrogens (tertiary/aromatic N) is 3. The van der Waals surface area contributed by atoms with Crippen LogP contribution in [0, 0.1) is 17.7 Å². The first-order valence-corrected chi connectivity index (χ1v) is 11.5. The maximum Gasteiger partial charge on any atom is 0.233 e. The van der Waals surface area contributed by atoms with Crippen molar-refractivity contribution in [2.24, 2.45) is 5.92 Å². The molecule has 1 atom stereocenters. The third-order valence-electron chi connectivity index (χ3n) is 6.01.